The van der Waals surface area contributed by atoms with Crippen LogP contribution in [0.1, 0.15) is 23.0 Å². The molecule has 0 spiro atoms. The number of ether oxygens (including phenoxy) is 1. The number of benzene rings is 1. The molecule has 1 heterocycles. The second-order valence-electron chi connectivity index (χ2n) is 4.25. The number of nitro benzene ring substituents is 1. The van der Waals surface area contributed by atoms with Crippen molar-refractivity contribution in [1.82, 2.24) is 9.78 Å². The van der Waals surface area contributed by atoms with E-state index in [-0.39, 0.29) is 16.5 Å². The van der Waals surface area contributed by atoms with Crippen molar-refractivity contribution in [3.63, 3.8) is 0 Å². The van der Waals surface area contributed by atoms with Crippen LogP contribution in [0.3, 0.4) is 0 Å². The molecule has 7 nitrogen and oxygen atoms in total. The summed E-state index contributed by atoms with van der Waals surface area (Å²) < 4.78 is 6.68. The number of carbonyl (C=O) groups excluding carboxylic acids is 1. The lowest BCUT2D eigenvalue weighted by molar-refractivity contribution is -0.385. The summed E-state index contributed by atoms with van der Waals surface area (Å²) in [5, 5.41) is 15.3. The number of aryl methyl sites for hydroxylation is 2. The summed E-state index contributed by atoms with van der Waals surface area (Å²) in [5.41, 5.74) is 0.128. The summed E-state index contributed by atoms with van der Waals surface area (Å²) in [6.45, 7) is 4.11. The van der Waals surface area contributed by atoms with Crippen molar-refractivity contribution in [3.8, 4) is 5.88 Å². The molecule has 0 bridgehead atoms. The van der Waals surface area contributed by atoms with Crippen molar-refractivity contribution in [3.05, 3.63) is 50.7 Å². The number of halogens is 1. The van der Waals surface area contributed by atoms with Gasteiger partial charge in [-0.1, -0.05) is 11.6 Å². The molecule has 1 aromatic heterocycles. The van der Waals surface area contributed by atoms with Crippen LogP contribution < -0.4 is 4.74 Å². The zero-order valence-corrected chi connectivity index (χ0v) is 12.1. The molecule has 2 aromatic rings. The molecule has 0 fully saturated rings. The lowest BCUT2D eigenvalue weighted by Gasteiger charge is -2.06. The Bertz CT molecular complexity index is 711. The SMILES string of the molecule is CCn1nc(C)cc1OC(=O)c1ccc(Cl)cc1[N+](=O)[O-]. The Hall–Kier alpha value is -2.41. The minimum atomic E-state index is -0.826. The highest BCUT2D eigenvalue weighted by atomic mass is 35.5. The first kappa shape index (κ1) is 15.0. The first-order valence-corrected chi connectivity index (χ1v) is 6.50. The average molecular weight is 310 g/mol. The predicted octanol–water partition coefficient (Wildman–Crippen LogP) is 2.99. The minimum absolute atomic E-state index is 0.161. The number of hydrogen-bond acceptors (Lipinski definition) is 5. The maximum absolute atomic E-state index is 12.1. The number of rotatable bonds is 4. The monoisotopic (exact) mass is 309 g/mol. The molecular weight excluding hydrogens is 298 g/mol. The molecular formula is C13H12ClN3O4. The molecule has 0 radical (unpaired) electrons. The summed E-state index contributed by atoms with van der Waals surface area (Å²) in [7, 11) is 0. The highest BCUT2D eigenvalue weighted by Gasteiger charge is 2.23. The molecule has 0 amide bonds. The minimum Gasteiger partial charge on any atom is -0.404 e. The van der Waals surface area contributed by atoms with Crippen LogP contribution in [-0.2, 0) is 6.54 Å². The van der Waals surface area contributed by atoms with Gasteiger partial charge >= 0.3 is 5.97 Å². The molecule has 8 heteroatoms. The highest BCUT2D eigenvalue weighted by molar-refractivity contribution is 6.31. The van der Waals surface area contributed by atoms with Crippen LogP contribution in [0.5, 0.6) is 5.88 Å². The Kier molecular flexibility index (Phi) is 4.23. The number of aromatic nitrogens is 2. The van der Waals surface area contributed by atoms with Gasteiger partial charge < -0.3 is 4.74 Å². The van der Waals surface area contributed by atoms with E-state index in [1.54, 1.807) is 13.0 Å². The Morgan fingerprint density at radius 1 is 1.48 bits per heavy atom. The third kappa shape index (κ3) is 3.19. The highest BCUT2D eigenvalue weighted by Crippen LogP contribution is 2.25. The molecule has 0 aliphatic heterocycles. The van der Waals surface area contributed by atoms with Gasteiger partial charge in [0.25, 0.3) is 5.69 Å². The summed E-state index contributed by atoms with van der Waals surface area (Å²) in [6.07, 6.45) is 0. The zero-order valence-electron chi connectivity index (χ0n) is 11.4. The summed E-state index contributed by atoms with van der Waals surface area (Å²) in [5.74, 6) is -0.586. The first-order valence-electron chi connectivity index (χ1n) is 6.13. The standard InChI is InChI=1S/C13H12ClN3O4/c1-3-16-12(6-8(2)15-16)21-13(18)10-5-4-9(14)7-11(10)17(19)20/h4-7H,3H2,1-2H3. The van der Waals surface area contributed by atoms with Gasteiger partial charge in [-0.25, -0.2) is 9.48 Å². The number of nitro groups is 1. The molecule has 2 rings (SSSR count). The molecule has 0 saturated carbocycles. The van der Waals surface area contributed by atoms with Crippen molar-refractivity contribution >= 4 is 23.3 Å². The molecule has 110 valence electrons. The van der Waals surface area contributed by atoms with E-state index in [4.69, 9.17) is 16.3 Å². The van der Waals surface area contributed by atoms with E-state index < -0.39 is 16.6 Å². The van der Waals surface area contributed by atoms with Crippen LogP contribution in [0.15, 0.2) is 24.3 Å². The van der Waals surface area contributed by atoms with E-state index in [1.165, 1.54) is 16.8 Å². The fourth-order valence-electron chi connectivity index (χ4n) is 1.81. The molecule has 0 N–H and O–H groups in total. The second-order valence-corrected chi connectivity index (χ2v) is 4.68. The van der Waals surface area contributed by atoms with E-state index in [2.05, 4.69) is 5.10 Å². The van der Waals surface area contributed by atoms with Crippen LogP contribution >= 0.6 is 11.6 Å². The van der Waals surface area contributed by atoms with Gasteiger partial charge in [0, 0.05) is 23.7 Å². The number of nitrogens with zero attached hydrogens (tertiary/aromatic N) is 3. The Labute approximate surface area is 125 Å². The zero-order chi connectivity index (χ0) is 15.6. The maximum Gasteiger partial charge on any atom is 0.351 e. The van der Waals surface area contributed by atoms with E-state index in [0.29, 0.717) is 12.2 Å². The van der Waals surface area contributed by atoms with Gasteiger partial charge in [-0.15, -0.1) is 0 Å². The largest absolute Gasteiger partial charge is 0.404 e. The van der Waals surface area contributed by atoms with Gasteiger partial charge in [0.05, 0.1) is 10.6 Å². The summed E-state index contributed by atoms with van der Waals surface area (Å²) in [6, 6.07) is 5.36. The second kappa shape index (κ2) is 5.92. The fraction of sp³-hybridized carbons (Fsp3) is 0.231. The molecule has 0 aliphatic carbocycles. The normalized spacial score (nSPS) is 10.4. The molecule has 0 aliphatic rings. The molecule has 0 saturated heterocycles. The molecule has 0 unspecified atom stereocenters. The Balaban J connectivity index is 2.34. The predicted molar refractivity (Wildman–Crippen MR) is 75.7 cm³/mol. The van der Waals surface area contributed by atoms with Gasteiger partial charge in [-0.3, -0.25) is 10.1 Å². The van der Waals surface area contributed by atoms with Gasteiger partial charge in [0.2, 0.25) is 5.88 Å². The number of esters is 1. The summed E-state index contributed by atoms with van der Waals surface area (Å²) >= 11 is 5.71. The summed E-state index contributed by atoms with van der Waals surface area (Å²) in [4.78, 5) is 22.4. The topological polar surface area (TPSA) is 87.3 Å². The third-order valence-electron chi connectivity index (χ3n) is 2.74. The van der Waals surface area contributed by atoms with E-state index in [0.717, 1.165) is 6.07 Å². The molecule has 0 atom stereocenters. The van der Waals surface area contributed by atoms with Crippen LogP contribution in [0.25, 0.3) is 0 Å². The van der Waals surface area contributed by atoms with Crippen LogP contribution in [-0.4, -0.2) is 20.7 Å². The van der Waals surface area contributed by atoms with Gasteiger partial charge in [0.15, 0.2) is 0 Å². The van der Waals surface area contributed by atoms with E-state index in [1.807, 2.05) is 6.92 Å². The smallest absolute Gasteiger partial charge is 0.351 e. The van der Waals surface area contributed by atoms with Gasteiger partial charge in [-0.05, 0) is 26.0 Å². The Morgan fingerprint density at radius 3 is 2.81 bits per heavy atom. The van der Waals surface area contributed by atoms with Crippen LogP contribution in [0.4, 0.5) is 5.69 Å². The number of hydrogen-bond donors (Lipinski definition) is 0. The molecule has 21 heavy (non-hydrogen) atoms. The van der Waals surface area contributed by atoms with Crippen LogP contribution in [0, 0.1) is 17.0 Å². The van der Waals surface area contributed by atoms with Crippen molar-refractivity contribution in [2.24, 2.45) is 0 Å². The van der Waals surface area contributed by atoms with Crippen molar-refractivity contribution in [1.29, 1.82) is 0 Å². The van der Waals surface area contributed by atoms with Gasteiger partial charge in [-0.2, -0.15) is 5.10 Å². The first-order chi connectivity index (χ1) is 9.92. The number of carbonyl (C=O) groups is 1. The fourth-order valence-corrected chi connectivity index (χ4v) is 1.98. The van der Waals surface area contributed by atoms with Crippen molar-refractivity contribution in [2.45, 2.75) is 20.4 Å². The van der Waals surface area contributed by atoms with Crippen LogP contribution in [0.2, 0.25) is 5.02 Å². The van der Waals surface area contributed by atoms with Crippen molar-refractivity contribution in [2.75, 3.05) is 0 Å². The van der Waals surface area contributed by atoms with Crippen molar-refractivity contribution < 1.29 is 14.5 Å². The quantitative estimate of drug-likeness (QED) is 0.492. The van der Waals surface area contributed by atoms with Gasteiger partial charge in [0.1, 0.15) is 5.56 Å². The third-order valence-corrected chi connectivity index (χ3v) is 2.97. The average Bonchev–Trinajstić information content (AvgIpc) is 2.78. The Morgan fingerprint density at radius 2 is 2.19 bits per heavy atom. The molecule has 1 aromatic carbocycles. The maximum atomic E-state index is 12.1. The van der Waals surface area contributed by atoms with E-state index >= 15 is 0 Å². The lowest BCUT2D eigenvalue weighted by Crippen LogP contribution is -2.13. The van der Waals surface area contributed by atoms with E-state index in [9.17, 15) is 14.9 Å². The lowest BCUT2D eigenvalue weighted by atomic mass is 10.2.